The normalized spacial score (nSPS) is 10.3. The van der Waals surface area contributed by atoms with E-state index in [1.54, 1.807) is 6.07 Å². The molecule has 17 heavy (non-hydrogen) atoms. The van der Waals surface area contributed by atoms with Crippen molar-refractivity contribution in [3.05, 3.63) is 22.4 Å². The van der Waals surface area contributed by atoms with E-state index in [-0.39, 0.29) is 11.9 Å². The average molecular weight is 254 g/mol. The minimum atomic E-state index is -0.231. The third-order valence-corrected chi connectivity index (χ3v) is 2.94. The van der Waals surface area contributed by atoms with Crippen molar-refractivity contribution < 1.29 is 4.79 Å². The zero-order chi connectivity index (χ0) is 12.7. The summed E-state index contributed by atoms with van der Waals surface area (Å²) >= 11 is 1.36. The molecule has 0 radical (unpaired) electrons. The molecule has 1 heterocycles. The standard InChI is InChI=1S/C11H18N4OS/c1-15(2)7-4-6-13-11(12)14-10(16)9-5-3-8-17-9/h3,5,8H,4,6-7H2,1-2H3,(H3,12,13,14,16). The zero-order valence-corrected chi connectivity index (χ0v) is 10.9. The number of carbonyl (C=O) groups excluding carboxylic acids is 1. The highest BCUT2D eigenvalue weighted by Gasteiger charge is 2.07. The van der Waals surface area contributed by atoms with Gasteiger partial charge in [0.05, 0.1) is 4.88 Å². The first-order valence-corrected chi connectivity index (χ1v) is 6.29. The Bertz CT molecular complexity index is 362. The topological polar surface area (TPSA) is 68.2 Å². The molecular weight excluding hydrogens is 236 g/mol. The van der Waals surface area contributed by atoms with Crippen molar-refractivity contribution in [2.24, 2.45) is 0 Å². The van der Waals surface area contributed by atoms with Crippen LogP contribution in [0.25, 0.3) is 0 Å². The van der Waals surface area contributed by atoms with E-state index in [1.807, 2.05) is 25.5 Å². The maximum atomic E-state index is 11.6. The molecule has 0 spiro atoms. The molecule has 0 bridgehead atoms. The average Bonchev–Trinajstić information content (AvgIpc) is 2.77. The van der Waals surface area contributed by atoms with Gasteiger partial charge in [-0.15, -0.1) is 11.3 Å². The molecule has 1 amide bonds. The quantitative estimate of drug-likeness (QED) is 0.416. The predicted octanol–water partition coefficient (Wildman–Crippen LogP) is 0.954. The van der Waals surface area contributed by atoms with Gasteiger partial charge in [-0.2, -0.15) is 0 Å². The van der Waals surface area contributed by atoms with Crippen molar-refractivity contribution >= 4 is 23.2 Å². The van der Waals surface area contributed by atoms with Crippen molar-refractivity contribution in [2.75, 3.05) is 27.2 Å². The lowest BCUT2D eigenvalue weighted by molar-refractivity contribution is 0.0979. The van der Waals surface area contributed by atoms with Crippen molar-refractivity contribution in [1.82, 2.24) is 15.5 Å². The zero-order valence-electron chi connectivity index (χ0n) is 10.1. The minimum absolute atomic E-state index is 0.0576. The third kappa shape index (κ3) is 5.46. The molecule has 0 atom stereocenters. The van der Waals surface area contributed by atoms with Crippen LogP contribution >= 0.6 is 11.3 Å². The molecule has 1 aromatic heterocycles. The summed E-state index contributed by atoms with van der Waals surface area (Å²) in [6.07, 6.45) is 0.935. The minimum Gasteiger partial charge on any atom is -0.356 e. The fourth-order valence-electron chi connectivity index (χ4n) is 1.24. The van der Waals surface area contributed by atoms with Crippen LogP contribution in [0.15, 0.2) is 17.5 Å². The maximum absolute atomic E-state index is 11.6. The first-order valence-electron chi connectivity index (χ1n) is 5.41. The van der Waals surface area contributed by atoms with Crippen LogP contribution in [0.4, 0.5) is 0 Å². The molecule has 94 valence electrons. The van der Waals surface area contributed by atoms with Gasteiger partial charge in [-0.1, -0.05) is 6.07 Å². The van der Waals surface area contributed by atoms with Crippen LogP contribution in [-0.4, -0.2) is 44.0 Å². The molecule has 0 saturated carbocycles. The number of thiophene rings is 1. The summed E-state index contributed by atoms with van der Waals surface area (Å²) in [6.45, 7) is 1.64. The Morgan fingerprint density at radius 3 is 2.88 bits per heavy atom. The number of nitrogens with zero attached hydrogens (tertiary/aromatic N) is 1. The Morgan fingerprint density at radius 1 is 1.53 bits per heavy atom. The lowest BCUT2D eigenvalue weighted by atomic mass is 10.4. The molecule has 0 aliphatic rings. The highest BCUT2D eigenvalue weighted by atomic mass is 32.1. The van der Waals surface area contributed by atoms with E-state index in [0.717, 1.165) is 13.0 Å². The lowest BCUT2D eigenvalue weighted by Gasteiger charge is -2.11. The van der Waals surface area contributed by atoms with Gasteiger partial charge in [-0.25, -0.2) is 0 Å². The second-order valence-corrected chi connectivity index (χ2v) is 4.84. The number of guanidine groups is 1. The van der Waals surface area contributed by atoms with E-state index in [9.17, 15) is 4.79 Å². The summed E-state index contributed by atoms with van der Waals surface area (Å²) in [7, 11) is 4.01. The van der Waals surface area contributed by atoms with E-state index in [0.29, 0.717) is 11.4 Å². The van der Waals surface area contributed by atoms with Crippen molar-refractivity contribution in [1.29, 1.82) is 5.41 Å². The van der Waals surface area contributed by atoms with Crippen LogP contribution in [-0.2, 0) is 0 Å². The van der Waals surface area contributed by atoms with Crippen LogP contribution < -0.4 is 10.6 Å². The first kappa shape index (κ1) is 13.7. The van der Waals surface area contributed by atoms with Gasteiger partial charge in [-0.05, 0) is 38.5 Å². The van der Waals surface area contributed by atoms with Gasteiger partial charge in [-0.3, -0.25) is 15.5 Å². The summed E-state index contributed by atoms with van der Waals surface area (Å²) in [4.78, 5) is 14.3. The highest BCUT2D eigenvalue weighted by Crippen LogP contribution is 2.07. The van der Waals surface area contributed by atoms with Gasteiger partial charge in [0, 0.05) is 6.54 Å². The van der Waals surface area contributed by atoms with Crippen LogP contribution in [0.5, 0.6) is 0 Å². The molecule has 0 saturated heterocycles. The van der Waals surface area contributed by atoms with Gasteiger partial charge in [0.2, 0.25) is 0 Å². The maximum Gasteiger partial charge on any atom is 0.268 e. The Morgan fingerprint density at radius 2 is 2.29 bits per heavy atom. The highest BCUT2D eigenvalue weighted by molar-refractivity contribution is 7.12. The number of hydrogen-bond acceptors (Lipinski definition) is 4. The Hall–Kier alpha value is -1.40. The molecule has 0 fully saturated rings. The summed E-state index contributed by atoms with van der Waals surface area (Å²) in [5.41, 5.74) is 0. The monoisotopic (exact) mass is 254 g/mol. The van der Waals surface area contributed by atoms with Gasteiger partial charge in [0.15, 0.2) is 5.96 Å². The van der Waals surface area contributed by atoms with Crippen LogP contribution in [0.3, 0.4) is 0 Å². The Labute approximate surface area is 105 Å². The lowest BCUT2D eigenvalue weighted by Crippen LogP contribution is -2.40. The van der Waals surface area contributed by atoms with E-state index in [2.05, 4.69) is 15.5 Å². The van der Waals surface area contributed by atoms with Crippen molar-refractivity contribution in [3.63, 3.8) is 0 Å². The van der Waals surface area contributed by atoms with E-state index >= 15 is 0 Å². The van der Waals surface area contributed by atoms with Crippen molar-refractivity contribution in [3.8, 4) is 0 Å². The molecular formula is C11H18N4OS. The largest absolute Gasteiger partial charge is 0.356 e. The van der Waals surface area contributed by atoms with Crippen molar-refractivity contribution in [2.45, 2.75) is 6.42 Å². The molecule has 0 aromatic carbocycles. The van der Waals surface area contributed by atoms with E-state index in [4.69, 9.17) is 5.41 Å². The van der Waals surface area contributed by atoms with Gasteiger partial charge in [0.25, 0.3) is 5.91 Å². The summed E-state index contributed by atoms with van der Waals surface area (Å²) in [5, 5.41) is 14.8. The van der Waals surface area contributed by atoms with Gasteiger partial charge in [0.1, 0.15) is 0 Å². The molecule has 1 aromatic rings. The predicted molar refractivity (Wildman–Crippen MR) is 70.7 cm³/mol. The molecule has 3 N–H and O–H groups in total. The number of amides is 1. The molecule has 6 heteroatoms. The second-order valence-electron chi connectivity index (χ2n) is 3.89. The summed E-state index contributed by atoms with van der Waals surface area (Å²) < 4.78 is 0. The molecule has 0 aliphatic heterocycles. The fraction of sp³-hybridized carbons (Fsp3) is 0.455. The number of carbonyl (C=O) groups is 1. The van der Waals surface area contributed by atoms with Crippen LogP contribution in [0.1, 0.15) is 16.1 Å². The summed E-state index contributed by atoms with van der Waals surface area (Å²) in [5.74, 6) is -0.174. The Balaban J connectivity index is 2.19. The second kappa shape index (κ2) is 7.03. The molecule has 0 aliphatic carbocycles. The van der Waals surface area contributed by atoms with Gasteiger partial charge >= 0.3 is 0 Å². The smallest absolute Gasteiger partial charge is 0.268 e. The van der Waals surface area contributed by atoms with Crippen LogP contribution in [0.2, 0.25) is 0 Å². The number of nitrogens with one attached hydrogen (secondary N) is 3. The third-order valence-electron chi connectivity index (χ3n) is 2.07. The molecule has 0 unspecified atom stereocenters. The fourth-order valence-corrected chi connectivity index (χ4v) is 1.85. The first-order chi connectivity index (χ1) is 8.09. The van der Waals surface area contributed by atoms with E-state index in [1.165, 1.54) is 11.3 Å². The van der Waals surface area contributed by atoms with Crippen LogP contribution in [0, 0.1) is 5.41 Å². The number of hydrogen-bond donors (Lipinski definition) is 3. The summed E-state index contributed by atoms with van der Waals surface area (Å²) in [6, 6.07) is 3.55. The number of rotatable bonds is 5. The molecule has 1 rings (SSSR count). The SMILES string of the molecule is CN(C)CCCNC(=N)NC(=O)c1cccs1. The molecule has 5 nitrogen and oxygen atoms in total. The van der Waals surface area contributed by atoms with E-state index < -0.39 is 0 Å². The van der Waals surface area contributed by atoms with Gasteiger partial charge < -0.3 is 10.2 Å². The Kier molecular flexibility index (Phi) is 5.65.